The van der Waals surface area contributed by atoms with E-state index in [0.29, 0.717) is 0 Å². The van der Waals surface area contributed by atoms with Crippen molar-refractivity contribution in [2.75, 3.05) is 13.2 Å². The van der Waals surface area contributed by atoms with E-state index >= 15 is 0 Å². The zero-order valence-electron chi connectivity index (χ0n) is 11.2. The number of pyridine rings is 1. The Morgan fingerprint density at radius 1 is 1.19 bits per heavy atom. The van der Waals surface area contributed by atoms with Gasteiger partial charge in [0.2, 0.25) is 0 Å². The molecule has 1 aromatic heterocycles. The first kappa shape index (κ1) is 13.5. The third-order valence-electron chi connectivity index (χ3n) is 3.55. The van der Waals surface area contributed by atoms with Crippen LogP contribution in [0.4, 0.5) is 0 Å². The Kier molecular flexibility index (Phi) is 3.53. The summed E-state index contributed by atoms with van der Waals surface area (Å²) < 4.78 is 5.12. The largest absolute Gasteiger partial charge is 0.481 e. The molecule has 1 fully saturated rings. The van der Waals surface area contributed by atoms with E-state index < -0.39 is 17.9 Å². The van der Waals surface area contributed by atoms with Crippen molar-refractivity contribution in [3.8, 4) is 0 Å². The van der Waals surface area contributed by atoms with Gasteiger partial charge in [-0.15, -0.1) is 0 Å². The van der Waals surface area contributed by atoms with Gasteiger partial charge in [0, 0.05) is 5.39 Å². The fraction of sp³-hybridized carbons (Fsp3) is 0.267. The Labute approximate surface area is 120 Å². The highest BCUT2D eigenvalue weighted by molar-refractivity contribution is 5.95. The van der Waals surface area contributed by atoms with E-state index in [4.69, 9.17) is 9.84 Å². The molecule has 0 spiro atoms. The molecule has 6 heteroatoms. The van der Waals surface area contributed by atoms with E-state index in [1.807, 2.05) is 30.3 Å². The summed E-state index contributed by atoms with van der Waals surface area (Å²) in [7, 11) is 0. The topological polar surface area (TPSA) is 88.5 Å². The number of carbonyl (C=O) groups is 2. The predicted octanol–water partition coefficient (Wildman–Crippen LogP) is 1.06. The number of nitrogens with zero attached hydrogens (tertiary/aromatic N) is 1. The molecule has 1 aliphatic heterocycles. The molecule has 0 bridgehead atoms. The van der Waals surface area contributed by atoms with Gasteiger partial charge < -0.3 is 15.2 Å². The van der Waals surface area contributed by atoms with Crippen molar-refractivity contribution in [1.82, 2.24) is 10.3 Å². The van der Waals surface area contributed by atoms with Gasteiger partial charge in [-0.25, -0.2) is 4.98 Å². The maximum atomic E-state index is 12.2. The first-order valence-electron chi connectivity index (χ1n) is 6.62. The summed E-state index contributed by atoms with van der Waals surface area (Å²) in [5.74, 6) is -2.07. The number of carbonyl (C=O) groups excluding carboxylic acids is 1. The van der Waals surface area contributed by atoms with Crippen LogP contribution in [0.1, 0.15) is 10.5 Å². The zero-order valence-corrected chi connectivity index (χ0v) is 11.2. The van der Waals surface area contributed by atoms with Crippen LogP contribution in [0.5, 0.6) is 0 Å². The maximum Gasteiger partial charge on any atom is 0.311 e. The first-order valence-corrected chi connectivity index (χ1v) is 6.62. The van der Waals surface area contributed by atoms with E-state index in [9.17, 15) is 9.59 Å². The molecule has 0 aliphatic carbocycles. The number of rotatable bonds is 3. The summed E-state index contributed by atoms with van der Waals surface area (Å²) in [5, 5.41) is 12.7. The molecule has 1 amide bonds. The molecule has 6 nitrogen and oxygen atoms in total. The van der Waals surface area contributed by atoms with Gasteiger partial charge in [-0.05, 0) is 12.1 Å². The molecule has 108 valence electrons. The highest BCUT2D eigenvalue weighted by Crippen LogP contribution is 2.15. The lowest BCUT2D eigenvalue weighted by Gasteiger charge is -2.15. The van der Waals surface area contributed by atoms with Crippen LogP contribution in [-0.2, 0) is 9.53 Å². The van der Waals surface area contributed by atoms with Gasteiger partial charge in [0.15, 0.2) is 0 Å². The fourth-order valence-corrected chi connectivity index (χ4v) is 2.37. The van der Waals surface area contributed by atoms with E-state index in [1.165, 1.54) is 0 Å². The Hall–Kier alpha value is -2.47. The molecule has 2 atom stereocenters. The van der Waals surface area contributed by atoms with Crippen LogP contribution in [0, 0.1) is 5.92 Å². The van der Waals surface area contributed by atoms with Crippen molar-refractivity contribution in [2.24, 2.45) is 5.92 Å². The van der Waals surface area contributed by atoms with Gasteiger partial charge >= 0.3 is 5.97 Å². The number of hydrogen-bond acceptors (Lipinski definition) is 4. The van der Waals surface area contributed by atoms with Crippen LogP contribution in [0.3, 0.4) is 0 Å². The van der Waals surface area contributed by atoms with Gasteiger partial charge in [0.1, 0.15) is 11.6 Å². The monoisotopic (exact) mass is 286 g/mol. The van der Waals surface area contributed by atoms with Crippen molar-refractivity contribution in [3.63, 3.8) is 0 Å². The average molecular weight is 286 g/mol. The van der Waals surface area contributed by atoms with E-state index in [2.05, 4.69) is 10.3 Å². The van der Waals surface area contributed by atoms with Gasteiger partial charge in [-0.1, -0.05) is 24.3 Å². The summed E-state index contributed by atoms with van der Waals surface area (Å²) in [5.41, 5.74) is 0.993. The van der Waals surface area contributed by atoms with Gasteiger partial charge in [0.25, 0.3) is 5.91 Å². The Morgan fingerprint density at radius 3 is 2.81 bits per heavy atom. The minimum atomic E-state index is -0.968. The fourth-order valence-electron chi connectivity index (χ4n) is 2.37. The molecule has 2 aromatic rings. The van der Waals surface area contributed by atoms with Gasteiger partial charge in [-0.3, -0.25) is 9.59 Å². The number of hydrogen-bond donors (Lipinski definition) is 2. The maximum absolute atomic E-state index is 12.2. The van der Waals surface area contributed by atoms with Crippen LogP contribution in [0.25, 0.3) is 10.9 Å². The minimum Gasteiger partial charge on any atom is -0.481 e. The number of amides is 1. The molecular formula is C15H14N2O4. The predicted molar refractivity (Wildman–Crippen MR) is 74.9 cm³/mol. The van der Waals surface area contributed by atoms with Crippen LogP contribution < -0.4 is 5.32 Å². The van der Waals surface area contributed by atoms with Crippen molar-refractivity contribution >= 4 is 22.8 Å². The summed E-state index contributed by atoms with van der Waals surface area (Å²) in [6.07, 6.45) is 0. The Morgan fingerprint density at radius 2 is 2.00 bits per heavy atom. The second kappa shape index (κ2) is 5.49. The number of ether oxygens (including phenoxy) is 1. The van der Waals surface area contributed by atoms with Crippen molar-refractivity contribution in [3.05, 3.63) is 42.1 Å². The summed E-state index contributed by atoms with van der Waals surface area (Å²) >= 11 is 0. The normalized spacial score (nSPS) is 21.3. The minimum absolute atomic E-state index is 0.116. The van der Waals surface area contributed by atoms with E-state index in [1.54, 1.807) is 6.07 Å². The quantitative estimate of drug-likeness (QED) is 0.881. The average Bonchev–Trinajstić information content (AvgIpc) is 2.95. The summed E-state index contributed by atoms with van der Waals surface area (Å²) in [6, 6.07) is 10.4. The number of nitrogens with one attached hydrogen (secondary N) is 1. The Bertz CT molecular complexity index is 701. The van der Waals surface area contributed by atoms with Crippen molar-refractivity contribution in [1.29, 1.82) is 0 Å². The van der Waals surface area contributed by atoms with E-state index in [-0.39, 0.29) is 24.8 Å². The van der Waals surface area contributed by atoms with Crippen LogP contribution in [-0.4, -0.2) is 41.2 Å². The lowest BCUT2D eigenvalue weighted by molar-refractivity contribution is -0.142. The number of fused-ring (bicyclic) bond motifs is 1. The second-order valence-corrected chi connectivity index (χ2v) is 4.95. The number of para-hydroxylation sites is 1. The number of carboxylic acids is 1. The molecule has 1 aliphatic rings. The third-order valence-corrected chi connectivity index (χ3v) is 3.55. The highest BCUT2D eigenvalue weighted by Gasteiger charge is 2.35. The standard InChI is InChI=1S/C15H14N2O4/c18-14(17-13-8-21-7-10(13)15(19)20)12-6-5-9-3-1-2-4-11(9)16-12/h1-6,10,13H,7-8H2,(H,17,18)(H,19,20). The van der Waals surface area contributed by atoms with E-state index in [0.717, 1.165) is 10.9 Å². The summed E-state index contributed by atoms with van der Waals surface area (Å²) in [4.78, 5) is 27.5. The molecular weight excluding hydrogens is 272 g/mol. The third kappa shape index (κ3) is 2.71. The van der Waals surface area contributed by atoms with Gasteiger partial charge in [-0.2, -0.15) is 0 Å². The SMILES string of the molecule is O=C(NC1COCC1C(=O)O)c1ccc2ccccc2n1. The summed E-state index contributed by atoms with van der Waals surface area (Å²) in [6.45, 7) is 0.321. The molecule has 1 aromatic carbocycles. The smallest absolute Gasteiger partial charge is 0.311 e. The van der Waals surface area contributed by atoms with Crippen LogP contribution in [0.15, 0.2) is 36.4 Å². The molecule has 0 saturated carbocycles. The van der Waals surface area contributed by atoms with Gasteiger partial charge in [0.05, 0.1) is 24.8 Å². The number of carboxylic acid groups (broad SMARTS) is 1. The van der Waals surface area contributed by atoms with Crippen LogP contribution >= 0.6 is 0 Å². The van der Waals surface area contributed by atoms with Crippen LogP contribution in [0.2, 0.25) is 0 Å². The zero-order chi connectivity index (χ0) is 14.8. The number of aromatic nitrogens is 1. The number of aliphatic carboxylic acids is 1. The Balaban J connectivity index is 1.79. The first-order chi connectivity index (χ1) is 10.1. The number of benzene rings is 1. The molecule has 3 rings (SSSR count). The molecule has 0 radical (unpaired) electrons. The lowest BCUT2D eigenvalue weighted by Crippen LogP contribution is -2.42. The second-order valence-electron chi connectivity index (χ2n) is 4.95. The lowest BCUT2D eigenvalue weighted by atomic mass is 10.0. The molecule has 2 heterocycles. The van der Waals surface area contributed by atoms with Crippen molar-refractivity contribution in [2.45, 2.75) is 6.04 Å². The molecule has 2 unspecified atom stereocenters. The highest BCUT2D eigenvalue weighted by atomic mass is 16.5. The molecule has 1 saturated heterocycles. The molecule has 21 heavy (non-hydrogen) atoms. The van der Waals surface area contributed by atoms with Crippen molar-refractivity contribution < 1.29 is 19.4 Å². The molecule has 2 N–H and O–H groups in total.